The quantitative estimate of drug-likeness (QED) is 0.740. The van der Waals surface area contributed by atoms with Crippen LogP contribution in [0.15, 0.2) is 0 Å². The number of hydrogen-bond donors (Lipinski definition) is 0. The third kappa shape index (κ3) is 3.96. The van der Waals surface area contributed by atoms with Gasteiger partial charge in [0.05, 0.1) is 10.9 Å². The van der Waals surface area contributed by atoms with Crippen LogP contribution in [0.5, 0.6) is 0 Å². The van der Waals surface area contributed by atoms with Gasteiger partial charge in [-0.1, -0.05) is 0 Å². The van der Waals surface area contributed by atoms with Crippen molar-refractivity contribution in [2.75, 3.05) is 51.9 Å². The molecule has 0 unspecified atom stereocenters. The van der Waals surface area contributed by atoms with Gasteiger partial charge in [-0.05, 0) is 32.1 Å². The van der Waals surface area contributed by atoms with Crippen LogP contribution in [0.4, 0.5) is 0 Å². The predicted octanol–water partition coefficient (Wildman–Crippen LogP) is 1.55. The van der Waals surface area contributed by atoms with E-state index in [4.69, 9.17) is 14.2 Å². The maximum atomic E-state index is 11.9. The van der Waals surface area contributed by atoms with Gasteiger partial charge in [0.2, 0.25) is 5.91 Å². The molecule has 5 nitrogen and oxygen atoms in total. The summed E-state index contributed by atoms with van der Waals surface area (Å²) in [5, 5.41) is 0. The summed E-state index contributed by atoms with van der Waals surface area (Å²) < 4.78 is 17.0. The van der Waals surface area contributed by atoms with Gasteiger partial charge in [0.1, 0.15) is 6.61 Å². The van der Waals surface area contributed by atoms with E-state index < -0.39 is 0 Å². The number of nitrogens with zero attached hydrogens (tertiary/aromatic N) is 1. The molecule has 1 spiro atoms. The van der Waals surface area contributed by atoms with Gasteiger partial charge in [0.25, 0.3) is 0 Å². The molecule has 1 amide bonds. The zero-order chi connectivity index (χ0) is 15.4. The summed E-state index contributed by atoms with van der Waals surface area (Å²) in [5.41, 5.74) is 0. The van der Waals surface area contributed by atoms with Gasteiger partial charge in [0, 0.05) is 45.3 Å². The Labute approximate surface area is 137 Å². The van der Waals surface area contributed by atoms with Crippen LogP contribution in [-0.2, 0) is 19.0 Å². The normalized spacial score (nSPS) is 28.0. The molecule has 0 radical (unpaired) electrons. The van der Waals surface area contributed by atoms with Crippen molar-refractivity contribution < 1.29 is 19.0 Å². The van der Waals surface area contributed by atoms with E-state index in [1.165, 1.54) is 0 Å². The highest BCUT2D eigenvalue weighted by atomic mass is 32.2. The SMILES string of the molecule is CCOCC(=O)N1CC2(C[C@H](OCC3CCOCC3)CS2)C1. The molecule has 3 aliphatic heterocycles. The zero-order valence-corrected chi connectivity index (χ0v) is 14.2. The Morgan fingerprint density at radius 2 is 2.14 bits per heavy atom. The number of hydrogen-bond acceptors (Lipinski definition) is 5. The molecular weight excluding hydrogens is 302 g/mol. The van der Waals surface area contributed by atoms with E-state index in [2.05, 4.69) is 0 Å². The van der Waals surface area contributed by atoms with Crippen molar-refractivity contribution in [3.8, 4) is 0 Å². The Hall–Kier alpha value is -0.300. The van der Waals surface area contributed by atoms with Crippen molar-refractivity contribution in [1.82, 2.24) is 4.90 Å². The summed E-state index contributed by atoms with van der Waals surface area (Å²) in [6, 6.07) is 0. The fraction of sp³-hybridized carbons (Fsp3) is 0.938. The van der Waals surface area contributed by atoms with Crippen molar-refractivity contribution in [3.63, 3.8) is 0 Å². The fourth-order valence-corrected chi connectivity index (χ4v) is 4.97. The number of amides is 1. The van der Waals surface area contributed by atoms with Crippen molar-refractivity contribution >= 4 is 17.7 Å². The first kappa shape index (κ1) is 16.6. The maximum Gasteiger partial charge on any atom is 0.248 e. The first-order valence-corrected chi connectivity index (χ1v) is 9.38. The summed E-state index contributed by atoms with van der Waals surface area (Å²) in [6.07, 6.45) is 3.70. The van der Waals surface area contributed by atoms with Gasteiger partial charge < -0.3 is 19.1 Å². The molecule has 3 fully saturated rings. The van der Waals surface area contributed by atoms with Crippen LogP contribution >= 0.6 is 11.8 Å². The van der Waals surface area contributed by atoms with Crippen LogP contribution in [-0.4, -0.2) is 73.5 Å². The number of rotatable bonds is 6. The van der Waals surface area contributed by atoms with Crippen molar-refractivity contribution in [1.29, 1.82) is 0 Å². The fourth-order valence-electron chi connectivity index (χ4n) is 3.42. The van der Waals surface area contributed by atoms with Gasteiger partial charge in [-0.2, -0.15) is 0 Å². The minimum atomic E-state index is 0.125. The molecule has 3 aliphatic rings. The molecule has 126 valence electrons. The second-order valence-electron chi connectivity index (χ2n) is 6.60. The molecule has 3 saturated heterocycles. The lowest BCUT2D eigenvalue weighted by molar-refractivity contribution is -0.141. The van der Waals surface area contributed by atoms with Gasteiger partial charge in [-0.15, -0.1) is 11.8 Å². The van der Waals surface area contributed by atoms with Crippen LogP contribution in [0.3, 0.4) is 0 Å². The number of likely N-dealkylation sites (tertiary alicyclic amines) is 1. The first-order chi connectivity index (χ1) is 10.7. The Morgan fingerprint density at radius 1 is 1.36 bits per heavy atom. The number of carbonyl (C=O) groups is 1. The summed E-state index contributed by atoms with van der Waals surface area (Å²) in [7, 11) is 0. The monoisotopic (exact) mass is 329 g/mol. The Kier molecular flexibility index (Phi) is 5.65. The van der Waals surface area contributed by atoms with Crippen LogP contribution in [0.2, 0.25) is 0 Å². The molecule has 1 atom stereocenters. The lowest BCUT2D eigenvalue weighted by atomic mass is 9.92. The smallest absolute Gasteiger partial charge is 0.248 e. The third-order valence-electron chi connectivity index (χ3n) is 4.82. The average molecular weight is 329 g/mol. The Bertz CT molecular complexity index is 380. The second-order valence-corrected chi connectivity index (χ2v) is 8.08. The standard InChI is InChI=1S/C16H27NO4S/c1-2-19-9-15(18)17-11-16(12-17)7-14(10-22-16)21-8-13-3-5-20-6-4-13/h13-14H,2-12H2,1H3/t14-/m0/s1. The van der Waals surface area contributed by atoms with Crippen LogP contribution < -0.4 is 0 Å². The molecule has 0 saturated carbocycles. The van der Waals surface area contributed by atoms with Crippen LogP contribution in [0.1, 0.15) is 26.2 Å². The minimum absolute atomic E-state index is 0.125. The molecule has 0 N–H and O–H groups in total. The van der Waals surface area contributed by atoms with E-state index in [-0.39, 0.29) is 17.3 Å². The predicted molar refractivity (Wildman–Crippen MR) is 86.2 cm³/mol. The third-order valence-corrected chi connectivity index (χ3v) is 6.40. The molecule has 22 heavy (non-hydrogen) atoms. The highest BCUT2D eigenvalue weighted by molar-refractivity contribution is 8.01. The molecule has 3 rings (SSSR count). The number of ether oxygens (including phenoxy) is 3. The van der Waals surface area contributed by atoms with Crippen molar-refractivity contribution in [2.24, 2.45) is 5.92 Å². The topological polar surface area (TPSA) is 48.0 Å². The highest BCUT2D eigenvalue weighted by Crippen LogP contribution is 2.46. The average Bonchev–Trinajstić information content (AvgIpc) is 2.95. The van der Waals surface area contributed by atoms with Gasteiger partial charge in [0.15, 0.2) is 0 Å². The van der Waals surface area contributed by atoms with Gasteiger partial charge in [-0.25, -0.2) is 0 Å². The van der Waals surface area contributed by atoms with E-state index in [9.17, 15) is 4.79 Å². The Balaban J connectivity index is 1.35. The highest BCUT2D eigenvalue weighted by Gasteiger charge is 2.50. The molecule has 0 aromatic heterocycles. The van der Waals surface area contributed by atoms with E-state index in [1.807, 2.05) is 23.6 Å². The summed E-state index contributed by atoms with van der Waals surface area (Å²) in [5.74, 6) is 1.86. The lowest BCUT2D eigenvalue weighted by Gasteiger charge is -2.47. The van der Waals surface area contributed by atoms with E-state index >= 15 is 0 Å². The largest absolute Gasteiger partial charge is 0.381 e. The summed E-state index contributed by atoms with van der Waals surface area (Å²) >= 11 is 1.99. The molecular formula is C16H27NO4S. The van der Waals surface area contributed by atoms with Crippen molar-refractivity contribution in [3.05, 3.63) is 0 Å². The number of carbonyl (C=O) groups excluding carboxylic acids is 1. The van der Waals surface area contributed by atoms with Gasteiger partial charge >= 0.3 is 0 Å². The maximum absolute atomic E-state index is 11.9. The molecule has 3 heterocycles. The zero-order valence-electron chi connectivity index (χ0n) is 13.4. The van der Waals surface area contributed by atoms with E-state index in [0.29, 0.717) is 18.6 Å². The lowest BCUT2D eigenvalue weighted by Crippen LogP contribution is -2.61. The van der Waals surface area contributed by atoms with E-state index in [1.54, 1.807) is 0 Å². The molecule has 0 aromatic carbocycles. The summed E-state index contributed by atoms with van der Waals surface area (Å²) in [4.78, 5) is 13.8. The molecule has 0 aromatic rings. The molecule has 6 heteroatoms. The van der Waals surface area contributed by atoms with Crippen LogP contribution in [0, 0.1) is 5.92 Å². The minimum Gasteiger partial charge on any atom is -0.381 e. The van der Waals surface area contributed by atoms with Gasteiger partial charge in [-0.3, -0.25) is 4.79 Å². The number of thioether (sulfide) groups is 1. The Morgan fingerprint density at radius 3 is 2.86 bits per heavy atom. The van der Waals surface area contributed by atoms with E-state index in [0.717, 1.165) is 57.9 Å². The summed E-state index contributed by atoms with van der Waals surface area (Å²) in [6.45, 7) is 7.10. The molecule has 0 aliphatic carbocycles. The van der Waals surface area contributed by atoms with Crippen molar-refractivity contribution in [2.45, 2.75) is 37.0 Å². The second kappa shape index (κ2) is 7.51. The van der Waals surface area contributed by atoms with Crippen LogP contribution in [0.25, 0.3) is 0 Å². The molecule has 0 bridgehead atoms. The first-order valence-electron chi connectivity index (χ1n) is 8.39.